The molecule has 0 saturated heterocycles. The molecule has 1 amide bonds. The predicted molar refractivity (Wildman–Crippen MR) is 104 cm³/mol. The van der Waals surface area contributed by atoms with Crippen LogP contribution in [0.25, 0.3) is 0 Å². The largest absolute Gasteiger partial charge is 0.366 e. The van der Waals surface area contributed by atoms with Crippen LogP contribution < -0.4 is 10.8 Å². The number of hydrogen-bond donors (Lipinski definition) is 2. The lowest BCUT2D eigenvalue weighted by Gasteiger charge is -2.17. The van der Waals surface area contributed by atoms with Gasteiger partial charge in [-0.15, -0.1) is 5.48 Å². The van der Waals surface area contributed by atoms with Gasteiger partial charge >= 0.3 is 5.97 Å². The van der Waals surface area contributed by atoms with Gasteiger partial charge in [-0.3, -0.25) is 9.59 Å². The third kappa shape index (κ3) is 6.57. The van der Waals surface area contributed by atoms with Crippen molar-refractivity contribution < 1.29 is 32.4 Å². The van der Waals surface area contributed by atoms with E-state index in [0.29, 0.717) is 0 Å². The lowest BCUT2D eigenvalue weighted by atomic mass is 9.99. The molecule has 2 aromatic rings. The number of hydrogen-bond acceptors (Lipinski definition) is 5. The number of nitrogens with one attached hydrogen (secondary N) is 2. The average Bonchev–Trinajstić information content (AvgIpc) is 2.66. The van der Waals surface area contributed by atoms with Crippen LogP contribution in [0, 0.1) is 5.82 Å². The van der Waals surface area contributed by atoms with Crippen molar-refractivity contribution in [3.63, 3.8) is 0 Å². The predicted octanol–water partition coefficient (Wildman–Crippen LogP) is 4.15. The average molecular weight is 443 g/mol. The van der Waals surface area contributed by atoms with Gasteiger partial charge in [0.2, 0.25) is 11.1 Å². The fraction of sp³-hybridized carbons (Fsp3) is 0.250. The SMILES string of the molecule is CC(=O)Nc1cc(F)c(C(F)F)c(CC[C@H](NOC(=O)c2ccccc2)C(=O)Cl)c1. The highest BCUT2D eigenvalue weighted by molar-refractivity contribution is 6.64. The summed E-state index contributed by atoms with van der Waals surface area (Å²) in [5.41, 5.74) is 1.47. The van der Waals surface area contributed by atoms with E-state index < -0.39 is 41.0 Å². The Hall–Kier alpha value is -2.91. The zero-order chi connectivity index (χ0) is 22.3. The molecule has 0 spiro atoms. The summed E-state index contributed by atoms with van der Waals surface area (Å²) in [5, 5.41) is 1.40. The van der Waals surface area contributed by atoms with E-state index in [9.17, 15) is 27.6 Å². The first-order valence-corrected chi connectivity index (χ1v) is 9.16. The molecular formula is C20H18ClF3N2O4. The Morgan fingerprint density at radius 1 is 1.13 bits per heavy atom. The van der Waals surface area contributed by atoms with Crippen molar-refractivity contribution in [3.05, 3.63) is 65.0 Å². The van der Waals surface area contributed by atoms with Gasteiger partial charge in [0.15, 0.2) is 0 Å². The zero-order valence-corrected chi connectivity index (χ0v) is 16.5. The first kappa shape index (κ1) is 23.4. The molecule has 1 atom stereocenters. The molecule has 6 nitrogen and oxygen atoms in total. The minimum absolute atomic E-state index is 0.00313. The Kier molecular flexibility index (Phi) is 8.37. The number of hydroxylamine groups is 1. The van der Waals surface area contributed by atoms with E-state index in [1.54, 1.807) is 18.2 Å². The zero-order valence-electron chi connectivity index (χ0n) is 15.8. The van der Waals surface area contributed by atoms with Gasteiger partial charge in [-0.2, -0.15) is 0 Å². The van der Waals surface area contributed by atoms with E-state index in [1.165, 1.54) is 25.1 Å². The van der Waals surface area contributed by atoms with E-state index in [2.05, 4.69) is 10.8 Å². The Bertz CT molecular complexity index is 926. The quantitative estimate of drug-likeness (QED) is 0.450. The van der Waals surface area contributed by atoms with Gasteiger partial charge in [0, 0.05) is 12.6 Å². The van der Waals surface area contributed by atoms with E-state index in [0.717, 1.165) is 6.07 Å². The van der Waals surface area contributed by atoms with Crippen LogP contribution in [0.3, 0.4) is 0 Å². The monoisotopic (exact) mass is 442 g/mol. The highest BCUT2D eigenvalue weighted by atomic mass is 35.5. The maximum Gasteiger partial charge on any atom is 0.356 e. The maximum atomic E-state index is 14.1. The Labute approximate surface area is 175 Å². The third-order valence-electron chi connectivity index (χ3n) is 4.03. The molecule has 2 N–H and O–H groups in total. The fourth-order valence-corrected chi connectivity index (χ4v) is 2.83. The summed E-state index contributed by atoms with van der Waals surface area (Å²) < 4.78 is 40.7. The minimum Gasteiger partial charge on any atom is -0.366 e. The second kappa shape index (κ2) is 10.7. The van der Waals surface area contributed by atoms with Crippen LogP contribution in [0.4, 0.5) is 18.9 Å². The standard InChI is InChI=1S/C20H18ClF3N2O4/c1-11(27)25-14-9-13(17(19(23)24)15(22)10-14)7-8-16(18(21)28)26-30-20(29)12-5-3-2-4-6-12/h2-6,9-10,16,19,26H,7-8H2,1H3,(H,25,27)/t16-/m0/s1. The van der Waals surface area contributed by atoms with Crippen LogP contribution in [-0.2, 0) is 20.8 Å². The molecule has 0 aliphatic heterocycles. The second-order valence-corrected chi connectivity index (χ2v) is 6.65. The van der Waals surface area contributed by atoms with E-state index in [1.807, 2.05) is 0 Å². The second-order valence-electron chi connectivity index (χ2n) is 6.28. The summed E-state index contributed by atoms with van der Waals surface area (Å²) in [6.45, 7) is 1.19. The van der Waals surface area contributed by atoms with Crippen molar-refractivity contribution >= 4 is 34.4 Å². The first-order chi connectivity index (χ1) is 14.2. The molecule has 10 heteroatoms. The number of anilines is 1. The summed E-state index contributed by atoms with van der Waals surface area (Å²) in [6, 6.07) is 8.67. The van der Waals surface area contributed by atoms with Crippen LogP contribution >= 0.6 is 11.6 Å². The number of rotatable bonds is 9. The minimum atomic E-state index is -3.11. The summed E-state index contributed by atoms with van der Waals surface area (Å²) in [5.74, 6) is -2.47. The molecule has 0 radical (unpaired) electrons. The molecule has 0 aromatic heterocycles. The van der Waals surface area contributed by atoms with Crippen molar-refractivity contribution in [2.24, 2.45) is 0 Å². The van der Waals surface area contributed by atoms with Crippen molar-refractivity contribution in [2.45, 2.75) is 32.2 Å². The van der Waals surface area contributed by atoms with Crippen LogP contribution in [0.15, 0.2) is 42.5 Å². The molecule has 0 bridgehead atoms. The third-order valence-corrected chi connectivity index (χ3v) is 4.30. The highest BCUT2D eigenvalue weighted by Crippen LogP contribution is 2.30. The molecule has 0 aliphatic carbocycles. The van der Waals surface area contributed by atoms with E-state index >= 15 is 0 Å². The van der Waals surface area contributed by atoms with Gasteiger partial charge in [-0.05, 0) is 54.3 Å². The number of benzene rings is 2. The van der Waals surface area contributed by atoms with E-state index in [4.69, 9.17) is 16.4 Å². The number of amides is 1. The van der Waals surface area contributed by atoms with Crippen molar-refractivity contribution in [3.8, 4) is 0 Å². The highest BCUT2D eigenvalue weighted by Gasteiger charge is 2.23. The van der Waals surface area contributed by atoms with Gasteiger partial charge < -0.3 is 10.2 Å². The molecule has 2 aromatic carbocycles. The molecule has 0 fully saturated rings. The number of carbonyl (C=O) groups excluding carboxylic acids is 3. The molecule has 0 unspecified atom stereocenters. The summed E-state index contributed by atoms with van der Waals surface area (Å²) >= 11 is 5.50. The first-order valence-electron chi connectivity index (χ1n) is 8.78. The molecule has 160 valence electrons. The molecular weight excluding hydrogens is 425 g/mol. The number of alkyl halides is 2. The number of aryl methyl sites for hydroxylation is 1. The van der Waals surface area contributed by atoms with Crippen LogP contribution in [0.5, 0.6) is 0 Å². The number of halogens is 4. The summed E-state index contributed by atoms with van der Waals surface area (Å²) in [6.07, 6.45) is -3.49. The normalized spacial score (nSPS) is 11.8. The topological polar surface area (TPSA) is 84.5 Å². The van der Waals surface area contributed by atoms with Gasteiger partial charge in [-0.1, -0.05) is 18.2 Å². The Morgan fingerprint density at radius 2 is 1.80 bits per heavy atom. The molecule has 2 rings (SSSR count). The van der Waals surface area contributed by atoms with Crippen molar-refractivity contribution in [1.29, 1.82) is 0 Å². The van der Waals surface area contributed by atoms with E-state index in [-0.39, 0.29) is 29.7 Å². The van der Waals surface area contributed by atoms with Crippen molar-refractivity contribution in [1.82, 2.24) is 5.48 Å². The van der Waals surface area contributed by atoms with Gasteiger partial charge in [-0.25, -0.2) is 18.0 Å². The molecule has 0 aliphatic rings. The van der Waals surface area contributed by atoms with Crippen LogP contribution in [0.1, 0.15) is 41.3 Å². The molecule has 0 saturated carbocycles. The van der Waals surface area contributed by atoms with Crippen LogP contribution in [0.2, 0.25) is 0 Å². The van der Waals surface area contributed by atoms with Gasteiger partial charge in [0.05, 0.1) is 11.1 Å². The van der Waals surface area contributed by atoms with Crippen molar-refractivity contribution in [2.75, 3.05) is 5.32 Å². The summed E-state index contributed by atoms with van der Waals surface area (Å²) in [7, 11) is 0. The maximum absolute atomic E-state index is 14.1. The molecule has 0 heterocycles. The Morgan fingerprint density at radius 3 is 2.37 bits per heavy atom. The van der Waals surface area contributed by atoms with Crippen LogP contribution in [-0.4, -0.2) is 23.2 Å². The Balaban J connectivity index is 2.13. The van der Waals surface area contributed by atoms with Gasteiger partial charge in [0.25, 0.3) is 6.43 Å². The summed E-state index contributed by atoms with van der Waals surface area (Å²) in [4.78, 5) is 39.6. The molecule has 30 heavy (non-hydrogen) atoms. The fourth-order valence-electron chi connectivity index (χ4n) is 2.68. The van der Waals surface area contributed by atoms with Gasteiger partial charge in [0.1, 0.15) is 11.9 Å². The number of carbonyl (C=O) groups is 3. The lowest BCUT2D eigenvalue weighted by Crippen LogP contribution is -2.36. The smallest absolute Gasteiger partial charge is 0.356 e. The lowest BCUT2D eigenvalue weighted by molar-refractivity contribution is -0.116.